The van der Waals surface area contributed by atoms with Crippen LogP contribution in [0.15, 0.2) is 34.9 Å². The summed E-state index contributed by atoms with van der Waals surface area (Å²) in [5.41, 5.74) is 1.00. The standard InChI is InChI=1S/C20H28N4O2/c1-2-6-17(7-3-1)20-21-19(26-22-20)16-24-10-5-4-8-18(24)9-11-23-12-14-25-15-13-23/h1-3,6-7,18H,4-5,8-16H2/t18-/m0/s1. The molecule has 1 aromatic carbocycles. The zero-order valence-corrected chi connectivity index (χ0v) is 15.3. The van der Waals surface area contributed by atoms with Crippen LogP contribution in [0.2, 0.25) is 0 Å². The zero-order chi connectivity index (χ0) is 17.6. The molecule has 0 bridgehead atoms. The first-order valence-electron chi connectivity index (χ1n) is 9.80. The molecule has 6 nitrogen and oxygen atoms in total. The lowest BCUT2D eigenvalue weighted by Crippen LogP contribution is -2.43. The Labute approximate surface area is 155 Å². The van der Waals surface area contributed by atoms with Crippen LogP contribution < -0.4 is 0 Å². The maximum atomic E-state index is 5.53. The first kappa shape index (κ1) is 17.6. The highest BCUT2D eigenvalue weighted by Gasteiger charge is 2.25. The monoisotopic (exact) mass is 356 g/mol. The van der Waals surface area contributed by atoms with Crippen LogP contribution in [0.5, 0.6) is 0 Å². The first-order valence-corrected chi connectivity index (χ1v) is 9.80. The Kier molecular flexibility index (Phi) is 5.94. The van der Waals surface area contributed by atoms with Crippen molar-refractivity contribution in [2.75, 3.05) is 39.4 Å². The van der Waals surface area contributed by atoms with Gasteiger partial charge in [0.25, 0.3) is 0 Å². The van der Waals surface area contributed by atoms with Crippen LogP contribution >= 0.6 is 0 Å². The van der Waals surface area contributed by atoms with Crippen molar-refractivity contribution in [3.05, 3.63) is 36.2 Å². The molecule has 0 aliphatic carbocycles. The number of ether oxygens (including phenoxy) is 1. The molecule has 0 radical (unpaired) electrons. The number of rotatable bonds is 6. The molecule has 0 spiro atoms. The van der Waals surface area contributed by atoms with Gasteiger partial charge in [-0.05, 0) is 32.4 Å². The molecule has 2 aliphatic rings. The quantitative estimate of drug-likeness (QED) is 0.793. The second-order valence-electron chi connectivity index (χ2n) is 7.24. The number of piperidine rings is 1. The van der Waals surface area contributed by atoms with E-state index in [1.54, 1.807) is 0 Å². The predicted molar refractivity (Wildman–Crippen MR) is 99.7 cm³/mol. The summed E-state index contributed by atoms with van der Waals surface area (Å²) in [4.78, 5) is 9.67. The third kappa shape index (κ3) is 4.50. The van der Waals surface area contributed by atoms with Gasteiger partial charge in [0.05, 0.1) is 19.8 Å². The van der Waals surface area contributed by atoms with Crippen molar-refractivity contribution >= 4 is 0 Å². The minimum atomic E-state index is 0.610. The van der Waals surface area contributed by atoms with Crippen molar-refractivity contribution in [1.82, 2.24) is 19.9 Å². The molecule has 0 unspecified atom stereocenters. The highest BCUT2D eigenvalue weighted by Crippen LogP contribution is 2.23. The molecule has 2 aromatic rings. The van der Waals surface area contributed by atoms with E-state index in [1.165, 1.54) is 25.7 Å². The summed E-state index contributed by atoms with van der Waals surface area (Å²) in [6.07, 6.45) is 5.06. The van der Waals surface area contributed by atoms with Crippen molar-refractivity contribution in [1.29, 1.82) is 0 Å². The van der Waals surface area contributed by atoms with E-state index in [0.29, 0.717) is 11.9 Å². The molecule has 2 aliphatic heterocycles. The highest BCUT2D eigenvalue weighted by atomic mass is 16.5. The van der Waals surface area contributed by atoms with Gasteiger partial charge in [0, 0.05) is 24.7 Å². The van der Waals surface area contributed by atoms with Crippen LogP contribution in [0.1, 0.15) is 31.6 Å². The largest absolute Gasteiger partial charge is 0.379 e. The van der Waals surface area contributed by atoms with Gasteiger partial charge in [0.15, 0.2) is 0 Å². The van der Waals surface area contributed by atoms with Crippen LogP contribution in [0, 0.1) is 0 Å². The fourth-order valence-corrected chi connectivity index (χ4v) is 3.95. The Morgan fingerprint density at radius 1 is 1.04 bits per heavy atom. The number of hydrogen-bond acceptors (Lipinski definition) is 6. The number of benzene rings is 1. The first-order chi connectivity index (χ1) is 12.9. The second kappa shape index (κ2) is 8.75. The van der Waals surface area contributed by atoms with Crippen molar-refractivity contribution < 1.29 is 9.26 Å². The number of aromatic nitrogens is 2. The van der Waals surface area contributed by atoms with E-state index in [0.717, 1.165) is 57.4 Å². The lowest BCUT2D eigenvalue weighted by atomic mass is 9.99. The van der Waals surface area contributed by atoms with E-state index in [-0.39, 0.29) is 0 Å². The third-order valence-corrected chi connectivity index (χ3v) is 5.47. The number of nitrogens with zero attached hydrogens (tertiary/aromatic N) is 4. The Bertz CT molecular complexity index is 669. The topological polar surface area (TPSA) is 54.6 Å². The molecule has 0 saturated carbocycles. The van der Waals surface area contributed by atoms with Gasteiger partial charge in [-0.2, -0.15) is 4.98 Å². The average molecular weight is 356 g/mol. The van der Waals surface area contributed by atoms with E-state index in [2.05, 4.69) is 19.9 Å². The molecular weight excluding hydrogens is 328 g/mol. The molecule has 0 amide bonds. The van der Waals surface area contributed by atoms with E-state index in [9.17, 15) is 0 Å². The maximum Gasteiger partial charge on any atom is 0.241 e. The minimum Gasteiger partial charge on any atom is -0.379 e. The van der Waals surface area contributed by atoms with Crippen molar-refractivity contribution in [2.45, 2.75) is 38.3 Å². The predicted octanol–water partition coefficient (Wildman–Crippen LogP) is 2.81. The van der Waals surface area contributed by atoms with Crippen LogP contribution in [0.3, 0.4) is 0 Å². The van der Waals surface area contributed by atoms with E-state index in [1.807, 2.05) is 30.3 Å². The minimum absolute atomic E-state index is 0.610. The Balaban J connectivity index is 1.35. The summed E-state index contributed by atoms with van der Waals surface area (Å²) in [5, 5.41) is 4.16. The van der Waals surface area contributed by atoms with Crippen molar-refractivity contribution in [2.24, 2.45) is 0 Å². The molecule has 4 rings (SSSR count). The van der Waals surface area contributed by atoms with Crippen molar-refractivity contribution in [3.63, 3.8) is 0 Å². The Hall–Kier alpha value is -1.76. The smallest absolute Gasteiger partial charge is 0.241 e. The molecule has 3 heterocycles. The molecule has 1 atom stereocenters. The summed E-state index contributed by atoms with van der Waals surface area (Å²) in [6, 6.07) is 10.6. The SMILES string of the molecule is c1ccc(-c2noc(CN3CCCC[C@H]3CCN3CCOCC3)n2)cc1. The zero-order valence-electron chi connectivity index (χ0n) is 15.3. The fraction of sp³-hybridized carbons (Fsp3) is 0.600. The fourth-order valence-electron chi connectivity index (χ4n) is 3.95. The van der Waals surface area contributed by atoms with Crippen LogP contribution in [-0.2, 0) is 11.3 Å². The summed E-state index contributed by atoms with van der Waals surface area (Å²) in [7, 11) is 0. The van der Waals surface area contributed by atoms with Gasteiger partial charge in [0.2, 0.25) is 11.7 Å². The summed E-state index contributed by atoms with van der Waals surface area (Å²) in [5.74, 6) is 1.41. The summed E-state index contributed by atoms with van der Waals surface area (Å²) in [6.45, 7) is 6.92. The van der Waals surface area contributed by atoms with Crippen LogP contribution in [0.25, 0.3) is 11.4 Å². The molecular formula is C20H28N4O2. The Morgan fingerprint density at radius 3 is 2.73 bits per heavy atom. The summed E-state index contributed by atoms with van der Waals surface area (Å²) >= 11 is 0. The second-order valence-corrected chi connectivity index (χ2v) is 7.24. The molecule has 0 N–H and O–H groups in total. The van der Waals surface area contributed by atoms with E-state index < -0.39 is 0 Å². The van der Waals surface area contributed by atoms with Gasteiger partial charge in [-0.25, -0.2) is 0 Å². The van der Waals surface area contributed by atoms with Crippen LogP contribution in [-0.4, -0.2) is 65.4 Å². The molecule has 6 heteroatoms. The van der Waals surface area contributed by atoms with E-state index >= 15 is 0 Å². The van der Waals surface area contributed by atoms with Crippen molar-refractivity contribution in [3.8, 4) is 11.4 Å². The van der Waals surface area contributed by atoms with Gasteiger partial charge >= 0.3 is 0 Å². The number of likely N-dealkylation sites (tertiary alicyclic amines) is 1. The van der Waals surface area contributed by atoms with E-state index in [4.69, 9.17) is 9.26 Å². The Morgan fingerprint density at radius 2 is 1.88 bits per heavy atom. The number of hydrogen-bond donors (Lipinski definition) is 0. The highest BCUT2D eigenvalue weighted by molar-refractivity contribution is 5.53. The summed E-state index contributed by atoms with van der Waals surface area (Å²) < 4.78 is 11.0. The normalized spacial score (nSPS) is 22.5. The third-order valence-electron chi connectivity index (χ3n) is 5.47. The molecule has 1 aromatic heterocycles. The molecule has 2 fully saturated rings. The maximum absolute atomic E-state index is 5.53. The lowest BCUT2D eigenvalue weighted by Gasteiger charge is -2.36. The van der Waals surface area contributed by atoms with Gasteiger partial charge in [-0.15, -0.1) is 0 Å². The van der Waals surface area contributed by atoms with Gasteiger partial charge in [0.1, 0.15) is 0 Å². The molecule has 26 heavy (non-hydrogen) atoms. The van der Waals surface area contributed by atoms with Gasteiger partial charge in [-0.1, -0.05) is 41.9 Å². The number of morpholine rings is 1. The lowest BCUT2D eigenvalue weighted by molar-refractivity contribution is 0.0294. The van der Waals surface area contributed by atoms with Crippen LogP contribution in [0.4, 0.5) is 0 Å². The van der Waals surface area contributed by atoms with Gasteiger partial charge in [-0.3, -0.25) is 9.80 Å². The van der Waals surface area contributed by atoms with Gasteiger partial charge < -0.3 is 9.26 Å². The molecule has 2 saturated heterocycles. The molecule has 140 valence electrons. The average Bonchev–Trinajstić information content (AvgIpc) is 3.17.